The van der Waals surface area contributed by atoms with E-state index in [1.165, 1.54) is 6.07 Å². The van der Waals surface area contributed by atoms with E-state index in [2.05, 4.69) is 5.32 Å². The first kappa shape index (κ1) is 12.8. The summed E-state index contributed by atoms with van der Waals surface area (Å²) in [4.78, 5) is 21.7. The molecule has 0 radical (unpaired) electrons. The number of carboxylic acid groups (broad SMARTS) is 1. The number of primary amides is 1. The Morgan fingerprint density at radius 2 is 2.12 bits per heavy atom. The molecule has 6 heteroatoms. The van der Waals surface area contributed by atoms with Crippen LogP contribution in [0.1, 0.15) is 23.7 Å². The van der Waals surface area contributed by atoms with Gasteiger partial charge in [0, 0.05) is 12.5 Å². The number of nitrogen functional groups attached to an aromatic ring is 1. The zero-order valence-corrected chi connectivity index (χ0v) is 9.43. The Balaban J connectivity index is 2.96. The average molecular weight is 237 g/mol. The minimum absolute atomic E-state index is 0.0707. The molecule has 1 rings (SSSR count). The van der Waals surface area contributed by atoms with Crippen LogP contribution in [0.15, 0.2) is 18.2 Å². The molecule has 1 aromatic carbocycles. The van der Waals surface area contributed by atoms with Gasteiger partial charge in [-0.05, 0) is 19.1 Å². The smallest absolute Gasteiger partial charge is 0.337 e. The largest absolute Gasteiger partial charge is 0.478 e. The molecule has 0 fully saturated rings. The Morgan fingerprint density at radius 3 is 2.65 bits per heavy atom. The summed E-state index contributed by atoms with van der Waals surface area (Å²) in [7, 11) is 0. The Morgan fingerprint density at radius 1 is 1.47 bits per heavy atom. The number of nitrogens with two attached hydrogens (primary N) is 2. The lowest BCUT2D eigenvalue weighted by molar-refractivity contribution is -0.118. The lowest BCUT2D eigenvalue weighted by Crippen LogP contribution is -2.25. The van der Waals surface area contributed by atoms with Crippen molar-refractivity contribution in [2.24, 2.45) is 5.73 Å². The van der Waals surface area contributed by atoms with E-state index in [1.807, 2.05) is 0 Å². The van der Waals surface area contributed by atoms with Crippen LogP contribution in [0.3, 0.4) is 0 Å². The van der Waals surface area contributed by atoms with Crippen LogP contribution in [0, 0.1) is 0 Å². The van der Waals surface area contributed by atoms with Crippen LogP contribution >= 0.6 is 0 Å². The van der Waals surface area contributed by atoms with Crippen molar-refractivity contribution in [1.29, 1.82) is 0 Å². The molecule has 1 aromatic rings. The Kier molecular flexibility index (Phi) is 3.92. The minimum atomic E-state index is -1.08. The lowest BCUT2D eigenvalue weighted by atomic mass is 10.1. The maximum atomic E-state index is 11.0. The summed E-state index contributed by atoms with van der Waals surface area (Å²) in [6.07, 6.45) is 0.105. The van der Waals surface area contributed by atoms with Crippen molar-refractivity contribution in [2.75, 3.05) is 11.1 Å². The molecule has 0 aromatic heterocycles. The van der Waals surface area contributed by atoms with E-state index < -0.39 is 11.9 Å². The summed E-state index contributed by atoms with van der Waals surface area (Å²) in [5.74, 6) is -1.54. The molecule has 92 valence electrons. The van der Waals surface area contributed by atoms with E-state index in [0.717, 1.165) is 0 Å². The number of para-hydroxylation sites is 1. The Bertz CT molecular complexity index is 446. The van der Waals surface area contributed by atoms with Gasteiger partial charge in [0.05, 0.1) is 16.9 Å². The zero-order chi connectivity index (χ0) is 13.0. The van der Waals surface area contributed by atoms with Crippen molar-refractivity contribution in [2.45, 2.75) is 19.4 Å². The molecule has 17 heavy (non-hydrogen) atoms. The fourth-order valence-corrected chi connectivity index (χ4v) is 1.51. The molecular weight excluding hydrogens is 222 g/mol. The first-order valence-corrected chi connectivity index (χ1v) is 5.08. The summed E-state index contributed by atoms with van der Waals surface area (Å²) in [6.45, 7) is 1.73. The molecular formula is C11H15N3O3. The number of carbonyl (C=O) groups is 2. The standard InChI is InChI=1S/C11H15N3O3/c1-6(5-9(13)15)14-10-7(11(16)17)3-2-4-8(10)12/h2-4,6,14H,5,12H2,1H3,(H2,13,15)(H,16,17). The van der Waals surface area contributed by atoms with Gasteiger partial charge in [-0.25, -0.2) is 4.79 Å². The third-order valence-corrected chi connectivity index (χ3v) is 2.23. The molecule has 0 saturated carbocycles. The van der Waals surface area contributed by atoms with Gasteiger partial charge in [-0.15, -0.1) is 0 Å². The lowest BCUT2D eigenvalue weighted by Gasteiger charge is -2.17. The topological polar surface area (TPSA) is 118 Å². The predicted octanol–water partition coefficient (Wildman–Crippen LogP) is 0.643. The summed E-state index contributed by atoms with van der Waals surface area (Å²) >= 11 is 0. The predicted molar refractivity (Wildman–Crippen MR) is 64.7 cm³/mol. The second-order valence-corrected chi connectivity index (χ2v) is 3.79. The number of aromatic carboxylic acids is 1. The first-order valence-electron chi connectivity index (χ1n) is 5.08. The number of hydrogen-bond donors (Lipinski definition) is 4. The highest BCUT2D eigenvalue weighted by Crippen LogP contribution is 2.24. The second-order valence-electron chi connectivity index (χ2n) is 3.79. The average Bonchev–Trinajstić information content (AvgIpc) is 2.19. The van der Waals surface area contributed by atoms with E-state index in [-0.39, 0.29) is 18.0 Å². The number of anilines is 2. The third kappa shape index (κ3) is 3.37. The molecule has 1 unspecified atom stereocenters. The maximum Gasteiger partial charge on any atom is 0.337 e. The van der Waals surface area contributed by atoms with Crippen LogP contribution in [0.25, 0.3) is 0 Å². The highest BCUT2D eigenvalue weighted by Gasteiger charge is 2.15. The van der Waals surface area contributed by atoms with Crippen LogP contribution in [0.2, 0.25) is 0 Å². The quantitative estimate of drug-likeness (QED) is 0.560. The van der Waals surface area contributed by atoms with Crippen LogP contribution in [-0.2, 0) is 4.79 Å². The van der Waals surface area contributed by atoms with E-state index in [0.29, 0.717) is 11.4 Å². The highest BCUT2D eigenvalue weighted by atomic mass is 16.4. The third-order valence-electron chi connectivity index (χ3n) is 2.23. The Labute approximate surface area is 98.6 Å². The van der Waals surface area contributed by atoms with E-state index in [9.17, 15) is 9.59 Å². The van der Waals surface area contributed by atoms with Gasteiger partial charge in [-0.1, -0.05) is 6.07 Å². The number of carbonyl (C=O) groups excluding carboxylic acids is 1. The summed E-state index contributed by atoms with van der Waals surface area (Å²) in [5.41, 5.74) is 11.5. The minimum Gasteiger partial charge on any atom is -0.478 e. The fraction of sp³-hybridized carbons (Fsp3) is 0.273. The number of benzene rings is 1. The van der Waals surface area contributed by atoms with E-state index in [1.54, 1.807) is 19.1 Å². The number of amides is 1. The van der Waals surface area contributed by atoms with Crippen molar-refractivity contribution in [1.82, 2.24) is 0 Å². The second kappa shape index (κ2) is 5.20. The van der Waals surface area contributed by atoms with Gasteiger partial charge in [0.2, 0.25) is 5.91 Å². The summed E-state index contributed by atoms with van der Waals surface area (Å²) < 4.78 is 0. The summed E-state index contributed by atoms with van der Waals surface area (Å²) in [6, 6.07) is 4.31. The number of nitrogens with one attached hydrogen (secondary N) is 1. The molecule has 6 nitrogen and oxygen atoms in total. The molecule has 0 aliphatic rings. The summed E-state index contributed by atoms with van der Waals surface area (Å²) in [5, 5.41) is 11.9. The number of hydrogen-bond acceptors (Lipinski definition) is 4. The van der Waals surface area contributed by atoms with Crippen LogP contribution in [-0.4, -0.2) is 23.0 Å². The van der Waals surface area contributed by atoms with Gasteiger partial charge >= 0.3 is 5.97 Å². The van der Waals surface area contributed by atoms with Crippen LogP contribution < -0.4 is 16.8 Å². The molecule has 0 aliphatic carbocycles. The number of carboxylic acids is 1. The van der Waals surface area contributed by atoms with Crippen molar-refractivity contribution in [3.05, 3.63) is 23.8 Å². The van der Waals surface area contributed by atoms with Crippen molar-refractivity contribution in [3.63, 3.8) is 0 Å². The van der Waals surface area contributed by atoms with Gasteiger partial charge < -0.3 is 21.9 Å². The zero-order valence-electron chi connectivity index (χ0n) is 9.43. The molecule has 0 spiro atoms. The first-order chi connectivity index (χ1) is 7.91. The van der Waals surface area contributed by atoms with Crippen LogP contribution in [0.4, 0.5) is 11.4 Å². The molecule has 0 aliphatic heterocycles. The fourth-order valence-electron chi connectivity index (χ4n) is 1.51. The van der Waals surface area contributed by atoms with Gasteiger partial charge in [-0.2, -0.15) is 0 Å². The maximum absolute atomic E-state index is 11.0. The number of rotatable bonds is 5. The molecule has 1 amide bonds. The van der Waals surface area contributed by atoms with Gasteiger partial charge in [0.15, 0.2) is 0 Å². The van der Waals surface area contributed by atoms with Crippen LogP contribution in [0.5, 0.6) is 0 Å². The molecule has 0 saturated heterocycles. The molecule has 0 heterocycles. The van der Waals surface area contributed by atoms with Crippen molar-refractivity contribution >= 4 is 23.3 Å². The molecule has 0 bridgehead atoms. The monoisotopic (exact) mass is 237 g/mol. The normalized spacial score (nSPS) is 11.8. The van der Waals surface area contributed by atoms with Crippen molar-refractivity contribution in [3.8, 4) is 0 Å². The van der Waals surface area contributed by atoms with Gasteiger partial charge in [0.25, 0.3) is 0 Å². The van der Waals surface area contributed by atoms with Gasteiger partial charge in [-0.3, -0.25) is 4.79 Å². The molecule has 6 N–H and O–H groups in total. The van der Waals surface area contributed by atoms with E-state index >= 15 is 0 Å². The highest BCUT2D eigenvalue weighted by molar-refractivity contribution is 5.97. The SMILES string of the molecule is CC(CC(N)=O)Nc1c(N)cccc1C(=O)O. The van der Waals surface area contributed by atoms with Gasteiger partial charge in [0.1, 0.15) is 0 Å². The van der Waals surface area contributed by atoms with Crippen molar-refractivity contribution < 1.29 is 14.7 Å². The van der Waals surface area contributed by atoms with E-state index in [4.69, 9.17) is 16.6 Å². The Hall–Kier alpha value is -2.24. The molecule has 1 atom stereocenters.